The van der Waals surface area contributed by atoms with Gasteiger partial charge in [0, 0.05) is 28.2 Å². The SMILES string of the molecule is CCCc1cc(=O)[nH]c2cc(NC(=O)c3cc(Cl)ccc3[N+](=O)[O-])ccc12. The number of H-pyrrole nitrogens is 1. The van der Waals surface area contributed by atoms with Crippen LogP contribution in [0.4, 0.5) is 11.4 Å². The molecular formula is C19H16ClN3O4. The number of aryl methyl sites for hydroxylation is 1. The predicted molar refractivity (Wildman–Crippen MR) is 105 cm³/mol. The van der Waals surface area contributed by atoms with Gasteiger partial charge in [0.2, 0.25) is 5.56 Å². The van der Waals surface area contributed by atoms with Crippen LogP contribution in [0.1, 0.15) is 29.3 Å². The van der Waals surface area contributed by atoms with Gasteiger partial charge in [-0.2, -0.15) is 0 Å². The van der Waals surface area contributed by atoms with Gasteiger partial charge in [0.15, 0.2) is 0 Å². The zero-order chi connectivity index (χ0) is 19.6. The minimum Gasteiger partial charge on any atom is -0.322 e. The van der Waals surface area contributed by atoms with Crippen molar-refractivity contribution in [2.75, 3.05) is 5.32 Å². The largest absolute Gasteiger partial charge is 0.322 e. The van der Waals surface area contributed by atoms with E-state index in [1.54, 1.807) is 24.3 Å². The van der Waals surface area contributed by atoms with Crippen molar-refractivity contribution < 1.29 is 9.72 Å². The van der Waals surface area contributed by atoms with E-state index in [-0.39, 0.29) is 21.8 Å². The second-order valence-corrected chi connectivity index (χ2v) is 6.48. The lowest BCUT2D eigenvalue weighted by Gasteiger charge is -2.09. The number of anilines is 1. The number of nitrogens with one attached hydrogen (secondary N) is 2. The molecule has 0 saturated heterocycles. The van der Waals surface area contributed by atoms with Gasteiger partial charge in [0.05, 0.1) is 10.4 Å². The first-order valence-corrected chi connectivity index (χ1v) is 8.68. The van der Waals surface area contributed by atoms with E-state index in [0.717, 1.165) is 23.8 Å². The first kappa shape index (κ1) is 18.6. The molecule has 0 aliphatic carbocycles. The Morgan fingerprint density at radius 3 is 2.70 bits per heavy atom. The summed E-state index contributed by atoms with van der Waals surface area (Å²) in [4.78, 5) is 37.6. The Kier molecular flexibility index (Phi) is 5.23. The molecule has 2 N–H and O–H groups in total. The molecule has 0 atom stereocenters. The Labute approximate surface area is 159 Å². The molecule has 1 aromatic heterocycles. The summed E-state index contributed by atoms with van der Waals surface area (Å²) in [5.74, 6) is -0.657. The van der Waals surface area contributed by atoms with Gasteiger partial charge >= 0.3 is 0 Å². The Balaban J connectivity index is 1.98. The maximum atomic E-state index is 12.5. The minimum absolute atomic E-state index is 0.138. The van der Waals surface area contributed by atoms with Gasteiger partial charge in [-0.25, -0.2) is 0 Å². The number of hydrogen-bond acceptors (Lipinski definition) is 4. The fraction of sp³-hybridized carbons (Fsp3) is 0.158. The Bertz CT molecular complexity index is 1110. The molecule has 3 rings (SSSR count). The molecule has 0 fully saturated rings. The van der Waals surface area contributed by atoms with E-state index in [4.69, 9.17) is 11.6 Å². The summed E-state index contributed by atoms with van der Waals surface area (Å²) in [7, 11) is 0. The summed E-state index contributed by atoms with van der Waals surface area (Å²) >= 11 is 5.87. The maximum absolute atomic E-state index is 12.5. The van der Waals surface area contributed by atoms with Crippen molar-refractivity contribution >= 4 is 39.8 Å². The van der Waals surface area contributed by atoms with Gasteiger partial charge in [-0.15, -0.1) is 0 Å². The first-order chi connectivity index (χ1) is 12.9. The Hall–Kier alpha value is -3.19. The van der Waals surface area contributed by atoms with Gasteiger partial charge < -0.3 is 10.3 Å². The number of nitro benzene ring substituents is 1. The molecule has 7 nitrogen and oxygen atoms in total. The third-order valence-electron chi connectivity index (χ3n) is 4.11. The molecule has 0 aliphatic heterocycles. The lowest BCUT2D eigenvalue weighted by Crippen LogP contribution is -2.14. The van der Waals surface area contributed by atoms with E-state index < -0.39 is 10.8 Å². The number of aromatic nitrogens is 1. The summed E-state index contributed by atoms with van der Waals surface area (Å²) < 4.78 is 0. The topological polar surface area (TPSA) is 105 Å². The number of rotatable bonds is 5. The molecular weight excluding hydrogens is 370 g/mol. The van der Waals surface area contributed by atoms with Gasteiger partial charge in [-0.05, 0) is 36.2 Å². The van der Waals surface area contributed by atoms with Crippen molar-refractivity contribution in [3.8, 4) is 0 Å². The fourth-order valence-corrected chi connectivity index (χ4v) is 3.11. The van der Waals surface area contributed by atoms with Crippen LogP contribution in [0.5, 0.6) is 0 Å². The average Bonchev–Trinajstić information content (AvgIpc) is 2.61. The van der Waals surface area contributed by atoms with E-state index in [1.807, 2.05) is 6.92 Å². The predicted octanol–water partition coefficient (Wildman–Crippen LogP) is 4.29. The van der Waals surface area contributed by atoms with E-state index in [9.17, 15) is 19.7 Å². The molecule has 0 spiro atoms. The summed E-state index contributed by atoms with van der Waals surface area (Å²) in [5, 5.41) is 14.9. The monoisotopic (exact) mass is 385 g/mol. The van der Waals surface area contributed by atoms with Crippen LogP contribution in [0.3, 0.4) is 0 Å². The van der Waals surface area contributed by atoms with Crippen LogP contribution < -0.4 is 10.9 Å². The summed E-state index contributed by atoms with van der Waals surface area (Å²) in [6.45, 7) is 2.03. The highest BCUT2D eigenvalue weighted by molar-refractivity contribution is 6.31. The van der Waals surface area contributed by atoms with Gasteiger partial charge in [0.1, 0.15) is 5.56 Å². The second kappa shape index (κ2) is 7.59. The fourth-order valence-electron chi connectivity index (χ4n) is 2.93. The smallest absolute Gasteiger partial charge is 0.282 e. The van der Waals surface area contributed by atoms with Crippen LogP contribution in [0.15, 0.2) is 47.3 Å². The summed E-state index contributed by atoms with van der Waals surface area (Å²) in [5.41, 5.74) is 1.23. The Morgan fingerprint density at radius 2 is 2.00 bits per heavy atom. The van der Waals surface area contributed by atoms with Crippen molar-refractivity contribution in [3.05, 3.63) is 79.1 Å². The lowest BCUT2D eigenvalue weighted by atomic mass is 10.0. The van der Waals surface area contributed by atoms with E-state index in [2.05, 4.69) is 10.3 Å². The second-order valence-electron chi connectivity index (χ2n) is 6.04. The van der Waals surface area contributed by atoms with Crippen LogP contribution in [-0.2, 0) is 6.42 Å². The third-order valence-corrected chi connectivity index (χ3v) is 4.34. The van der Waals surface area contributed by atoms with Crippen LogP contribution in [0, 0.1) is 10.1 Å². The van der Waals surface area contributed by atoms with Gasteiger partial charge in [0.25, 0.3) is 11.6 Å². The van der Waals surface area contributed by atoms with Crippen LogP contribution in [0.2, 0.25) is 5.02 Å². The minimum atomic E-state index is -0.657. The highest BCUT2D eigenvalue weighted by Gasteiger charge is 2.20. The van der Waals surface area contributed by atoms with Crippen molar-refractivity contribution in [1.29, 1.82) is 0 Å². The maximum Gasteiger partial charge on any atom is 0.282 e. The number of benzene rings is 2. The average molecular weight is 386 g/mol. The number of amides is 1. The van der Waals surface area contributed by atoms with Crippen molar-refractivity contribution in [2.24, 2.45) is 0 Å². The number of halogens is 1. The molecule has 27 heavy (non-hydrogen) atoms. The van der Waals surface area contributed by atoms with Gasteiger partial charge in [-0.1, -0.05) is 31.0 Å². The molecule has 3 aromatic rings. The third kappa shape index (κ3) is 3.98. The molecule has 8 heteroatoms. The molecule has 1 amide bonds. The number of nitrogens with zero attached hydrogens (tertiary/aromatic N) is 1. The lowest BCUT2D eigenvalue weighted by molar-refractivity contribution is -0.385. The number of hydrogen-bond donors (Lipinski definition) is 2. The molecule has 138 valence electrons. The summed E-state index contributed by atoms with van der Waals surface area (Å²) in [6, 6.07) is 10.5. The van der Waals surface area contributed by atoms with Crippen LogP contribution >= 0.6 is 11.6 Å². The van der Waals surface area contributed by atoms with Crippen molar-refractivity contribution in [1.82, 2.24) is 4.98 Å². The van der Waals surface area contributed by atoms with E-state index in [1.165, 1.54) is 18.2 Å². The molecule has 0 unspecified atom stereocenters. The Morgan fingerprint density at radius 1 is 1.22 bits per heavy atom. The molecule has 0 saturated carbocycles. The summed E-state index contributed by atoms with van der Waals surface area (Å²) in [6.07, 6.45) is 1.66. The van der Waals surface area contributed by atoms with Gasteiger partial charge in [-0.3, -0.25) is 19.7 Å². The van der Waals surface area contributed by atoms with Crippen LogP contribution in [-0.4, -0.2) is 15.8 Å². The van der Waals surface area contributed by atoms with Crippen molar-refractivity contribution in [3.63, 3.8) is 0 Å². The number of pyridine rings is 1. The molecule has 0 radical (unpaired) electrons. The first-order valence-electron chi connectivity index (χ1n) is 8.30. The quantitative estimate of drug-likeness (QED) is 0.504. The number of carbonyl (C=O) groups excluding carboxylic acids is 1. The number of aromatic amines is 1. The van der Waals surface area contributed by atoms with Crippen molar-refractivity contribution in [2.45, 2.75) is 19.8 Å². The molecule has 2 aromatic carbocycles. The number of fused-ring (bicyclic) bond motifs is 1. The van der Waals surface area contributed by atoms with E-state index in [0.29, 0.717) is 11.2 Å². The zero-order valence-electron chi connectivity index (χ0n) is 14.4. The molecule has 0 aliphatic rings. The highest BCUT2D eigenvalue weighted by Crippen LogP contribution is 2.25. The van der Waals surface area contributed by atoms with E-state index >= 15 is 0 Å². The molecule has 0 bridgehead atoms. The highest BCUT2D eigenvalue weighted by atomic mass is 35.5. The van der Waals surface area contributed by atoms with Crippen LogP contribution in [0.25, 0.3) is 10.9 Å². The normalized spacial score (nSPS) is 10.7. The standard InChI is InChI=1S/C19H16ClN3O4/c1-2-3-11-8-18(24)22-16-10-13(5-6-14(11)16)21-19(25)15-9-12(20)4-7-17(15)23(26)27/h4-10H,2-3H2,1H3,(H,21,25)(H,22,24). The molecule has 1 heterocycles. The number of carbonyl (C=O) groups is 1. The zero-order valence-corrected chi connectivity index (χ0v) is 15.2. The number of nitro groups is 1.